The minimum Gasteiger partial charge on any atom is -0.505 e. The van der Waals surface area contributed by atoms with Gasteiger partial charge in [0.1, 0.15) is 5.75 Å². The first-order valence-corrected chi connectivity index (χ1v) is 7.68. The van der Waals surface area contributed by atoms with Crippen LogP contribution < -0.4 is 0 Å². The Kier molecular flexibility index (Phi) is 4.37. The lowest BCUT2D eigenvalue weighted by Crippen LogP contribution is -2.44. The largest absolute Gasteiger partial charge is 0.505 e. The highest BCUT2D eigenvalue weighted by Crippen LogP contribution is 2.24. The molecule has 0 aromatic carbocycles. The standard InChI is InChI=1S/C16H20N4O2/c21-14-6-3-8-17-15(14)16(22)20-11-2-1-5-13(20)7-12-19-10-4-9-18-19/h3-4,6,8-10,13,21H,1-2,5,7,11-12H2/t13-/m0/s1. The van der Waals surface area contributed by atoms with Gasteiger partial charge in [0.05, 0.1) is 0 Å². The Hall–Kier alpha value is -2.37. The lowest BCUT2D eigenvalue weighted by Gasteiger charge is -2.35. The molecule has 0 aliphatic carbocycles. The molecule has 3 heterocycles. The van der Waals surface area contributed by atoms with Gasteiger partial charge >= 0.3 is 0 Å². The third kappa shape index (κ3) is 3.10. The summed E-state index contributed by atoms with van der Waals surface area (Å²) in [6, 6.07) is 5.20. The van der Waals surface area contributed by atoms with Gasteiger partial charge < -0.3 is 10.0 Å². The van der Waals surface area contributed by atoms with Crippen LogP contribution in [0.4, 0.5) is 0 Å². The third-order valence-electron chi connectivity index (χ3n) is 4.13. The molecule has 1 aliphatic rings. The number of carbonyl (C=O) groups excluding carboxylic acids is 1. The smallest absolute Gasteiger partial charge is 0.276 e. The fourth-order valence-corrected chi connectivity index (χ4v) is 2.98. The van der Waals surface area contributed by atoms with Crippen LogP contribution >= 0.6 is 0 Å². The summed E-state index contributed by atoms with van der Waals surface area (Å²) in [5, 5.41) is 14.1. The third-order valence-corrected chi connectivity index (χ3v) is 4.13. The molecular weight excluding hydrogens is 280 g/mol. The van der Waals surface area contributed by atoms with Crippen molar-refractivity contribution in [2.24, 2.45) is 0 Å². The molecule has 0 saturated carbocycles. The van der Waals surface area contributed by atoms with E-state index in [4.69, 9.17) is 0 Å². The van der Waals surface area contributed by atoms with E-state index in [1.54, 1.807) is 12.3 Å². The Bertz CT molecular complexity index is 627. The Morgan fingerprint density at radius 3 is 3.00 bits per heavy atom. The quantitative estimate of drug-likeness (QED) is 0.938. The topological polar surface area (TPSA) is 71.2 Å². The number of hydrogen-bond acceptors (Lipinski definition) is 4. The number of carbonyl (C=O) groups is 1. The normalized spacial score (nSPS) is 18.4. The Balaban J connectivity index is 1.72. The van der Waals surface area contributed by atoms with Crippen molar-refractivity contribution in [3.8, 4) is 5.75 Å². The molecule has 1 atom stereocenters. The van der Waals surface area contributed by atoms with Crippen LogP contribution in [0.25, 0.3) is 0 Å². The van der Waals surface area contributed by atoms with Gasteiger partial charge in [0.25, 0.3) is 5.91 Å². The molecule has 1 fully saturated rings. The second-order valence-electron chi connectivity index (χ2n) is 5.58. The first-order valence-electron chi connectivity index (χ1n) is 7.68. The van der Waals surface area contributed by atoms with Gasteiger partial charge in [-0.25, -0.2) is 4.98 Å². The molecule has 22 heavy (non-hydrogen) atoms. The average Bonchev–Trinajstić information content (AvgIpc) is 3.06. The molecule has 1 amide bonds. The molecule has 0 radical (unpaired) electrons. The molecule has 0 unspecified atom stereocenters. The van der Waals surface area contributed by atoms with Crippen LogP contribution in [-0.4, -0.2) is 43.3 Å². The minimum atomic E-state index is -0.178. The molecule has 2 aromatic heterocycles. The summed E-state index contributed by atoms with van der Waals surface area (Å²) >= 11 is 0. The highest BCUT2D eigenvalue weighted by Gasteiger charge is 2.29. The number of aryl methyl sites for hydroxylation is 1. The fourth-order valence-electron chi connectivity index (χ4n) is 2.98. The van der Waals surface area contributed by atoms with Crippen LogP contribution in [0.5, 0.6) is 5.75 Å². The van der Waals surface area contributed by atoms with Gasteiger partial charge in [-0.3, -0.25) is 9.48 Å². The highest BCUT2D eigenvalue weighted by atomic mass is 16.3. The van der Waals surface area contributed by atoms with Crippen molar-refractivity contribution < 1.29 is 9.90 Å². The Morgan fingerprint density at radius 1 is 1.32 bits per heavy atom. The maximum Gasteiger partial charge on any atom is 0.276 e. The molecular formula is C16H20N4O2. The van der Waals surface area contributed by atoms with Crippen molar-refractivity contribution in [3.05, 3.63) is 42.5 Å². The van der Waals surface area contributed by atoms with Crippen molar-refractivity contribution in [3.63, 3.8) is 0 Å². The Labute approximate surface area is 129 Å². The first-order chi connectivity index (χ1) is 10.8. The lowest BCUT2D eigenvalue weighted by atomic mass is 9.98. The second kappa shape index (κ2) is 6.60. The van der Waals surface area contributed by atoms with E-state index in [9.17, 15) is 9.90 Å². The summed E-state index contributed by atoms with van der Waals surface area (Å²) in [6.45, 7) is 1.51. The molecule has 3 rings (SSSR count). The number of aromatic hydroxyl groups is 1. The van der Waals surface area contributed by atoms with Gasteiger partial charge in [-0.2, -0.15) is 5.10 Å². The van der Waals surface area contributed by atoms with Crippen LogP contribution in [0.15, 0.2) is 36.8 Å². The van der Waals surface area contributed by atoms with Crippen LogP contribution in [-0.2, 0) is 6.54 Å². The second-order valence-corrected chi connectivity index (χ2v) is 5.58. The zero-order chi connectivity index (χ0) is 15.4. The minimum absolute atomic E-state index is 0.0519. The molecule has 2 aromatic rings. The summed E-state index contributed by atoms with van der Waals surface area (Å²) in [5.41, 5.74) is 0.147. The SMILES string of the molecule is O=C(c1ncccc1O)N1CCCC[C@H]1CCn1cccn1. The van der Waals surface area contributed by atoms with Crippen LogP contribution in [0.3, 0.4) is 0 Å². The number of likely N-dealkylation sites (tertiary alicyclic amines) is 1. The number of aromatic nitrogens is 3. The van der Waals surface area contributed by atoms with Crippen molar-refractivity contribution in [1.82, 2.24) is 19.7 Å². The van der Waals surface area contributed by atoms with E-state index in [1.165, 1.54) is 12.3 Å². The van der Waals surface area contributed by atoms with Gasteiger partial charge in [-0.05, 0) is 43.9 Å². The molecule has 1 aliphatic heterocycles. The van der Waals surface area contributed by atoms with Crippen molar-refractivity contribution in [1.29, 1.82) is 0 Å². The van der Waals surface area contributed by atoms with Gasteiger partial charge in [0.15, 0.2) is 5.69 Å². The highest BCUT2D eigenvalue weighted by molar-refractivity contribution is 5.95. The lowest BCUT2D eigenvalue weighted by molar-refractivity contribution is 0.0584. The van der Waals surface area contributed by atoms with E-state index in [1.807, 2.05) is 21.8 Å². The van der Waals surface area contributed by atoms with E-state index in [0.717, 1.165) is 38.8 Å². The fraction of sp³-hybridized carbons (Fsp3) is 0.438. The predicted molar refractivity (Wildman–Crippen MR) is 81.4 cm³/mol. The maximum atomic E-state index is 12.7. The van der Waals surface area contributed by atoms with Gasteiger partial charge in [0.2, 0.25) is 0 Å². The van der Waals surface area contributed by atoms with Crippen LogP contribution in [0.2, 0.25) is 0 Å². The van der Waals surface area contributed by atoms with Gasteiger partial charge in [-0.15, -0.1) is 0 Å². The van der Waals surface area contributed by atoms with E-state index in [-0.39, 0.29) is 23.4 Å². The Morgan fingerprint density at radius 2 is 2.23 bits per heavy atom. The molecule has 1 N–H and O–H groups in total. The monoisotopic (exact) mass is 300 g/mol. The summed E-state index contributed by atoms with van der Waals surface area (Å²) in [6.07, 6.45) is 9.20. The van der Waals surface area contributed by atoms with E-state index < -0.39 is 0 Å². The van der Waals surface area contributed by atoms with Crippen molar-refractivity contribution in [2.45, 2.75) is 38.3 Å². The molecule has 0 bridgehead atoms. The molecule has 0 spiro atoms. The van der Waals surface area contributed by atoms with E-state index in [0.29, 0.717) is 0 Å². The average molecular weight is 300 g/mol. The van der Waals surface area contributed by atoms with E-state index >= 15 is 0 Å². The van der Waals surface area contributed by atoms with Gasteiger partial charge in [-0.1, -0.05) is 0 Å². The van der Waals surface area contributed by atoms with Gasteiger partial charge in [0, 0.05) is 37.7 Å². The van der Waals surface area contributed by atoms with E-state index in [2.05, 4.69) is 10.1 Å². The number of piperidine rings is 1. The molecule has 6 nitrogen and oxygen atoms in total. The summed E-state index contributed by atoms with van der Waals surface area (Å²) < 4.78 is 1.88. The summed E-state index contributed by atoms with van der Waals surface area (Å²) in [7, 11) is 0. The summed E-state index contributed by atoms with van der Waals surface area (Å²) in [5.74, 6) is -0.229. The zero-order valence-corrected chi connectivity index (χ0v) is 12.4. The molecule has 1 saturated heterocycles. The number of hydrogen-bond donors (Lipinski definition) is 1. The maximum absolute atomic E-state index is 12.7. The summed E-state index contributed by atoms with van der Waals surface area (Å²) in [4.78, 5) is 18.6. The van der Waals surface area contributed by atoms with Crippen LogP contribution in [0.1, 0.15) is 36.2 Å². The number of amides is 1. The van der Waals surface area contributed by atoms with Crippen LogP contribution in [0, 0.1) is 0 Å². The number of nitrogens with zero attached hydrogens (tertiary/aromatic N) is 4. The number of rotatable bonds is 4. The van der Waals surface area contributed by atoms with Crippen molar-refractivity contribution in [2.75, 3.05) is 6.54 Å². The molecule has 116 valence electrons. The zero-order valence-electron chi connectivity index (χ0n) is 12.4. The first kappa shape index (κ1) is 14.6. The predicted octanol–water partition coefficient (Wildman–Crippen LogP) is 2.07. The molecule has 6 heteroatoms. The van der Waals surface area contributed by atoms with Crippen molar-refractivity contribution >= 4 is 5.91 Å². The number of pyridine rings is 1.